The Hall–Kier alpha value is -5.64. The van der Waals surface area contributed by atoms with Gasteiger partial charge in [0.1, 0.15) is 0 Å². The predicted molar refractivity (Wildman–Crippen MR) is 198 cm³/mol. The average Bonchev–Trinajstić information content (AvgIpc) is 3.76. The van der Waals surface area contributed by atoms with Gasteiger partial charge in [-0.1, -0.05) is 97.1 Å². The van der Waals surface area contributed by atoms with Crippen molar-refractivity contribution in [1.82, 2.24) is 9.13 Å². The van der Waals surface area contributed by atoms with Crippen molar-refractivity contribution >= 4 is 75.1 Å². The largest absolute Gasteiger partial charge is 0.309 e. The van der Waals surface area contributed by atoms with Gasteiger partial charge >= 0.3 is 0 Å². The van der Waals surface area contributed by atoms with Crippen LogP contribution in [0.1, 0.15) is 5.56 Å². The molecule has 0 saturated heterocycles. The van der Waals surface area contributed by atoms with Crippen molar-refractivity contribution in [2.45, 2.75) is 6.92 Å². The van der Waals surface area contributed by atoms with Gasteiger partial charge in [-0.2, -0.15) is 0 Å². The first kappa shape index (κ1) is 25.7. The van der Waals surface area contributed by atoms with Gasteiger partial charge in [0, 0.05) is 53.1 Å². The van der Waals surface area contributed by atoms with Crippen LogP contribution in [0.5, 0.6) is 0 Å². The number of para-hydroxylation sites is 3. The van der Waals surface area contributed by atoms with Gasteiger partial charge in [0.15, 0.2) is 0 Å². The fourth-order valence-electron chi connectivity index (χ4n) is 7.63. The zero-order valence-electron chi connectivity index (χ0n) is 25.2. The molecule has 0 bridgehead atoms. The fourth-order valence-corrected chi connectivity index (χ4v) is 8.74. The number of hydrogen-bond acceptors (Lipinski definition) is 1. The topological polar surface area (TPSA) is 9.86 Å². The standard InChI is InChI=1S/C43H28N2S/c1-27-26-30(45-39-16-8-4-12-34(39)35-24-25-41-42(43(35)45)36-13-5-9-17-40(36)46-41)22-23-31(27)28-18-20-29(21-19-28)44-37-14-6-2-10-32(37)33-11-3-7-15-38(33)44/h2-26H,1H3. The van der Waals surface area contributed by atoms with E-state index in [9.17, 15) is 0 Å². The summed E-state index contributed by atoms with van der Waals surface area (Å²) in [5, 5.41) is 7.83. The van der Waals surface area contributed by atoms with E-state index in [1.807, 2.05) is 11.3 Å². The quantitative estimate of drug-likeness (QED) is 0.190. The van der Waals surface area contributed by atoms with Crippen LogP contribution >= 0.6 is 11.3 Å². The average molecular weight is 605 g/mol. The highest BCUT2D eigenvalue weighted by Gasteiger charge is 2.18. The molecule has 46 heavy (non-hydrogen) atoms. The van der Waals surface area contributed by atoms with Gasteiger partial charge in [-0.15, -0.1) is 11.3 Å². The van der Waals surface area contributed by atoms with Gasteiger partial charge in [0.25, 0.3) is 0 Å². The number of aromatic nitrogens is 2. The number of benzene rings is 7. The Labute approximate surface area is 270 Å². The highest BCUT2D eigenvalue weighted by Crippen LogP contribution is 2.43. The molecule has 3 heteroatoms. The lowest BCUT2D eigenvalue weighted by molar-refractivity contribution is 1.17. The maximum atomic E-state index is 2.48. The van der Waals surface area contributed by atoms with Crippen LogP contribution in [0.25, 0.3) is 86.3 Å². The molecule has 0 aliphatic rings. The molecule has 0 unspecified atom stereocenters. The molecule has 7 aromatic carbocycles. The number of fused-ring (bicyclic) bond motifs is 10. The van der Waals surface area contributed by atoms with Crippen LogP contribution in [0.2, 0.25) is 0 Å². The van der Waals surface area contributed by atoms with E-state index in [1.165, 1.54) is 91.8 Å². The highest BCUT2D eigenvalue weighted by atomic mass is 32.1. The van der Waals surface area contributed by atoms with Crippen LogP contribution in [-0.4, -0.2) is 9.13 Å². The molecule has 3 aromatic heterocycles. The van der Waals surface area contributed by atoms with E-state index in [-0.39, 0.29) is 0 Å². The lowest BCUT2D eigenvalue weighted by atomic mass is 9.99. The van der Waals surface area contributed by atoms with E-state index in [4.69, 9.17) is 0 Å². The summed E-state index contributed by atoms with van der Waals surface area (Å²) in [5.74, 6) is 0. The summed E-state index contributed by atoms with van der Waals surface area (Å²) < 4.78 is 7.52. The molecule has 0 fully saturated rings. The van der Waals surface area contributed by atoms with Gasteiger partial charge in [0.05, 0.1) is 22.1 Å². The number of nitrogens with zero attached hydrogens (tertiary/aromatic N) is 2. The maximum absolute atomic E-state index is 2.48. The molecule has 216 valence electrons. The van der Waals surface area contributed by atoms with Crippen molar-refractivity contribution in [3.63, 3.8) is 0 Å². The molecule has 0 spiro atoms. The van der Waals surface area contributed by atoms with E-state index in [2.05, 4.69) is 168 Å². The first-order chi connectivity index (χ1) is 22.7. The Balaban J connectivity index is 1.13. The summed E-state index contributed by atoms with van der Waals surface area (Å²) >= 11 is 1.88. The predicted octanol–water partition coefficient (Wildman–Crippen LogP) is 12.2. The molecule has 0 amide bonds. The Bertz CT molecular complexity index is 2760. The Morgan fingerprint density at radius 1 is 0.435 bits per heavy atom. The SMILES string of the molecule is Cc1cc(-n2c3ccccc3c3ccc4sc5ccccc5c4c32)ccc1-c1ccc(-n2c3ccccc3c3ccccc32)cc1. The summed E-state index contributed by atoms with van der Waals surface area (Å²) in [6.45, 7) is 2.24. The van der Waals surface area contributed by atoms with Crippen molar-refractivity contribution in [2.24, 2.45) is 0 Å². The van der Waals surface area contributed by atoms with Gasteiger partial charge in [-0.3, -0.25) is 0 Å². The van der Waals surface area contributed by atoms with E-state index in [1.54, 1.807) is 0 Å². The van der Waals surface area contributed by atoms with E-state index < -0.39 is 0 Å². The number of thiophene rings is 1. The summed E-state index contributed by atoms with van der Waals surface area (Å²) in [5.41, 5.74) is 11.1. The first-order valence-electron chi connectivity index (χ1n) is 15.8. The lowest BCUT2D eigenvalue weighted by Crippen LogP contribution is -1.96. The van der Waals surface area contributed by atoms with E-state index in [0.717, 1.165) is 0 Å². The van der Waals surface area contributed by atoms with Gasteiger partial charge < -0.3 is 9.13 Å². The summed E-state index contributed by atoms with van der Waals surface area (Å²) in [6, 6.07) is 55.6. The van der Waals surface area contributed by atoms with Crippen molar-refractivity contribution < 1.29 is 0 Å². The van der Waals surface area contributed by atoms with Crippen LogP contribution in [0.4, 0.5) is 0 Å². The molecule has 0 N–H and O–H groups in total. The van der Waals surface area contributed by atoms with Crippen molar-refractivity contribution in [3.05, 3.63) is 157 Å². The highest BCUT2D eigenvalue weighted by molar-refractivity contribution is 7.26. The second kappa shape index (κ2) is 9.68. The lowest BCUT2D eigenvalue weighted by Gasteiger charge is -2.14. The molecule has 10 rings (SSSR count). The van der Waals surface area contributed by atoms with Crippen LogP contribution in [-0.2, 0) is 0 Å². The number of aryl methyl sites for hydroxylation is 1. The van der Waals surface area contributed by atoms with Gasteiger partial charge in [0.2, 0.25) is 0 Å². The molecule has 0 aliphatic carbocycles. The molecule has 3 heterocycles. The van der Waals surface area contributed by atoms with Crippen LogP contribution < -0.4 is 0 Å². The molecular weight excluding hydrogens is 577 g/mol. The van der Waals surface area contributed by atoms with Crippen molar-refractivity contribution in [3.8, 4) is 22.5 Å². The smallest absolute Gasteiger partial charge is 0.0634 e. The summed E-state index contributed by atoms with van der Waals surface area (Å²) in [4.78, 5) is 0. The van der Waals surface area contributed by atoms with Crippen molar-refractivity contribution in [2.75, 3.05) is 0 Å². The second-order valence-electron chi connectivity index (χ2n) is 12.2. The monoisotopic (exact) mass is 604 g/mol. The van der Waals surface area contributed by atoms with Gasteiger partial charge in [-0.25, -0.2) is 0 Å². The molecule has 0 radical (unpaired) electrons. The zero-order valence-corrected chi connectivity index (χ0v) is 26.1. The summed E-state index contributed by atoms with van der Waals surface area (Å²) in [6.07, 6.45) is 0. The minimum atomic E-state index is 1.17. The molecule has 0 atom stereocenters. The minimum absolute atomic E-state index is 1.17. The normalized spacial score (nSPS) is 12.0. The molecule has 10 aromatic rings. The second-order valence-corrected chi connectivity index (χ2v) is 13.3. The Morgan fingerprint density at radius 3 is 1.67 bits per heavy atom. The number of hydrogen-bond donors (Lipinski definition) is 0. The summed E-state index contributed by atoms with van der Waals surface area (Å²) in [7, 11) is 0. The molecule has 2 nitrogen and oxygen atoms in total. The van der Waals surface area contributed by atoms with E-state index >= 15 is 0 Å². The minimum Gasteiger partial charge on any atom is -0.309 e. The Kier molecular flexibility index (Phi) is 5.40. The third-order valence-electron chi connectivity index (χ3n) is 9.66. The van der Waals surface area contributed by atoms with Crippen LogP contribution in [0.15, 0.2) is 152 Å². The number of rotatable bonds is 3. The third-order valence-corrected chi connectivity index (χ3v) is 10.8. The molecule has 0 saturated carbocycles. The maximum Gasteiger partial charge on any atom is 0.0634 e. The molecule has 0 aliphatic heterocycles. The van der Waals surface area contributed by atoms with Gasteiger partial charge in [-0.05, 0) is 78.2 Å². The fraction of sp³-hybridized carbons (Fsp3) is 0.0233. The zero-order chi connectivity index (χ0) is 30.4. The third kappa shape index (κ3) is 3.58. The first-order valence-corrected chi connectivity index (χ1v) is 16.6. The van der Waals surface area contributed by atoms with Crippen molar-refractivity contribution in [1.29, 1.82) is 0 Å². The Morgan fingerprint density at radius 2 is 1.00 bits per heavy atom. The molecular formula is C43H28N2S. The van der Waals surface area contributed by atoms with Crippen LogP contribution in [0, 0.1) is 6.92 Å². The van der Waals surface area contributed by atoms with E-state index in [0.29, 0.717) is 0 Å². The van der Waals surface area contributed by atoms with Crippen LogP contribution in [0.3, 0.4) is 0 Å².